The first-order valence-corrected chi connectivity index (χ1v) is 7.52. The van der Waals surface area contributed by atoms with Crippen molar-refractivity contribution in [2.24, 2.45) is 0 Å². The second-order valence-electron chi connectivity index (χ2n) is 5.00. The normalized spacial score (nSPS) is 21.9. The Morgan fingerprint density at radius 3 is 1.79 bits per heavy atom. The summed E-state index contributed by atoms with van der Waals surface area (Å²) in [4.78, 5) is 0. The van der Waals surface area contributed by atoms with Crippen molar-refractivity contribution in [3.05, 3.63) is 0 Å². The third kappa shape index (κ3) is 1.66. The molecule has 0 aromatic rings. The van der Waals surface area contributed by atoms with Crippen LogP contribution in [0, 0.1) is 0 Å². The van der Waals surface area contributed by atoms with E-state index in [0.29, 0.717) is 10.6 Å². The molecule has 84 valence electrons. The molecule has 3 heteroatoms. The van der Waals surface area contributed by atoms with Crippen LogP contribution in [0.3, 0.4) is 0 Å². The Bertz CT molecular complexity index is 182. The zero-order valence-electron chi connectivity index (χ0n) is 10.2. The molecule has 1 saturated carbocycles. The molecule has 0 amide bonds. The SMILES string of the molecule is CO[Si](OC)(C(C)C)C1(C)CCCC1. The minimum absolute atomic E-state index is 0.324. The summed E-state index contributed by atoms with van der Waals surface area (Å²) in [6.45, 7) is 6.84. The van der Waals surface area contributed by atoms with E-state index in [4.69, 9.17) is 8.85 Å². The quantitative estimate of drug-likeness (QED) is 0.670. The smallest absolute Gasteiger partial charge is 0.346 e. The van der Waals surface area contributed by atoms with E-state index in [1.165, 1.54) is 25.7 Å². The van der Waals surface area contributed by atoms with Gasteiger partial charge in [-0.3, -0.25) is 0 Å². The standard InChI is InChI=1S/C11H24O2Si/c1-10(2)14(12-4,13-5)11(3)8-6-7-9-11/h10H,6-9H2,1-5H3. The summed E-state index contributed by atoms with van der Waals surface area (Å²) in [6.07, 6.45) is 5.23. The van der Waals surface area contributed by atoms with Crippen molar-refractivity contribution in [3.8, 4) is 0 Å². The van der Waals surface area contributed by atoms with Gasteiger partial charge in [-0.15, -0.1) is 0 Å². The van der Waals surface area contributed by atoms with Crippen LogP contribution in [0.4, 0.5) is 0 Å². The Labute approximate surface area is 89.2 Å². The van der Waals surface area contributed by atoms with Gasteiger partial charge in [0.05, 0.1) is 0 Å². The average molecular weight is 216 g/mol. The summed E-state index contributed by atoms with van der Waals surface area (Å²) in [5.41, 5.74) is 0.528. The van der Waals surface area contributed by atoms with Crippen LogP contribution in [-0.2, 0) is 8.85 Å². The molecule has 1 fully saturated rings. The topological polar surface area (TPSA) is 18.5 Å². The van der Waals surface area contributed by atoms with Crippen LogP contribution in [0.15, 0.2) is 0 Å². The van der Waals surface area contributed by atoms with Gasteiger partial charge in [0, 0.05) is 19.3 Å². The molecule has 0 aromatic carbocycles. The van der Waals surface area contributed by atoms with Gasteiger partial charge in [0.25, 0.3) is 0 Å². The summed E-state index contributed by atoms with van der Waals surface area (Å²) >= 11 is 0. The second kappa shape index (κ2) is 4.33. The Morgan fingerprint density at radius 2 is 1.50 bits per heavy atom. The Balaban J connectivity index is 2.95. The molecule has 0 radical (unpaired) electrons. The maximum atomic E-state index is 5.85. The minimum Gasteiger partial charge on any atom is -0.397 e. The molecular weight excluding hydrogens is 192 g/mol. The predicted molar refractivity (Wildman–Crippen MR) is 61.7 cm³/mol. The molecule has 2 nitrogen and oxygen atoms in total. The molecule has 0 saturated heterocycles. The maximum Gasteiger partial charge on any atom is 0.346 e. The highest BCUT2D eigenvalue weighted by Crippen LogP contribution is 2.55. The fourth-order valence-electron chi connectivity index (χ4n) is 3.25. The highest BCUT2D eigenvalue weighted by atomic mass is 28.4. The van der Waals surface area contributed by atoms with Crippen LogP contribution >= 0.6 is 0 Å². The molecule has 1 rings (SSSR count). The van der Waals surface area contributed by atoms with E-state index in [9.17, 15) is 0 Å². The highest BCUT2D eigenvalue weighted by molar-refractivity contribution is 6.72. The van der Waals surface area contributed by atoms with Gasteiger partial charge in [-0.1, -0.05) is 33.6 Å². The fraction of sp³-hybridized carbons (Fsp3) is 1.00. The Morgan fingerprint density at radius 1 is 1.07 bits per heavy atom. The Hall–Kier alpha value is 0.137. The molecule has 0 aromatic heterocycles. The molecule has 0 atom stereocenters. The van der Waals surface area contributed by atoms with Gasteiger partial charge in [0.1, 0.15) is 0 Å². The van der Waals surface area contributed by atoms with Gasteiger partial charge in [-0.25, -0.2) is 0 Å². The molecule has 0 heterocycles. The Kier molecular flexibility index (Phi) is 3.78. The molecule has 1 aliphatic rings. The van der Waals surface area contributed by atoms with Crippen LogP contribution in [0.1, 0.15) is 46.5 Å². The molecule has 0 bridgehead atoms. The lowest BCUT2D eigenvalue weighted by Gasteiger charge is -2.44. The summed E-state index contributed by atoms with van der Waals surface area (Å²) in [5.74, 6) is 0. The summed E-state index contributed by atoms with van der Waals surface area (Å²) in [6, 6.07) is 0. The van der Waals surface area contributed by atoms with Crippen LogP contribution < -0.4 is 0 Å². The lowest BCUT2D eigenvalue weighted by Crippen LogP contribution is -2.52. The van der Waals surface area contributed by atoms with Gasteiger partial charge < -0.3 is 8.85 Å². The van der Waals surface area contributed by atoms with Crippen molar-refractivity contribution in [2.45, 2.75) is 57.0 Å². The lowest BCUT2D eigenvalue weighted by molar-refractivity contribution is 0.196. The van der Waals surface area contributed by atoms with E-state index in [0.717, 1.165) is 0 Å². The largest absolute Gasteiger partial charge is 0.397 e. The van der Waals surface area contributed by atoms with Crippen LogP contribution in [-0.4, -0.2) is 22.8 Å². The third-order valence-corrected chi connectivity index (χ3v) is 8.83. The van der Waals surface area contributed by atoms with Gasteiger partial charge in [0.2, 0.25) is 0 Å². The number of rotatable bonds is 4. The first-order chi connectivity index (χ1) is 6.52. The van der Waals surface area contributed by atoms with Gasteiger partial charge in [0.15, 0.2) is 0 Å². The van der Waals surface area contributed by atoms with Gasteiger partial charge >= 0.3 is 8.56 Å². The number of hydrogen-bond donors (Lipinski definition) is 0. The summed E-state index contributed by atoms with van der Waals surface area (Å²) in [5, 5.41) is 0.324. The molecule has 14 heavy (non-hydrogen) atoms. The summed E-state index contributed by atoms with van der Waals surface area (Å²) < 4.78 is 11.7. The van der Waals surface area contributed by atoms with E-state index in [-0.39, 0.29) is 0 Å². The van der Waals surface area contributed by atoms with Crippen molar-refractivity contribution in [3.63, 3.8) is 0 Å². The minimum atomic E-state index is -2.01. The zero-order valence-corrected chi connectivity index (χ0v) is 11.2. The van der Waals surface area contributed by atoms with Crippen LogP contribution in [0.25, 0.3) is 0 Å². The van der Waals surface area contributed by atoms with Crippen LogP contribution in [0.2, 0.25) is 10.6 Å². The predicted octanol–water partition coefficient (Wildman–Crippen LogP) is 3.47. The molecule has 1 aliphatic carbocycles. The molecule has 0 spiro atoms. The first kappa shape index (κ1) is 12.2. The molecule has 0 N–H and O–H groups in total. The summed E-state index contributed by atoms with van der Waals surface area (Å²) in [7, 11) is 1.65. The molecular formula is C11H24O2Si. The zero-order chi connectivity index (χ0) is 10.8. The van der Waals surface area contributed by atoms with Crippen molar-refractivity contribution in [1.82, 2.24) is 0 Å². The van der Waals surface area contributed by atoms with E-state index in [2.05, 4.69) is 20.8 Å². The lowest BCUT2D eigenvalue weighted by atomic mass is 10.1. The van der Waals surface area contributed by atoms with Gasteiger partial charge in [-0.2, -0.15) is 0 Å². The average Bonchev–Trinajstić information content (AvgIpc) is 2.55. The van der Waals surface area contributed by atoms with E-state index >= 15 is 0 Å². The second-order valence-corrected chi connectivity index (χ2v) is 9.51. The van der Waals surface area contributed by atoms with Crippen molar-refractivity contribution in [1.29, 1.82) is 0 Å². The highest BCUT2D eigenvalue weighted by Gasteiger charge is 2.56. The van der Waals surface area contributed by atoms with Gasteiger partial charge in [-0.05, 0) is 18.4 Å². The van der Waals surface area contributed by atoms with Crippen molar-refractivity contribution in [2.75, 3.05) is 14.2 Å². The van der Waals surface area contributed by atoms with E-state index < -0.39 is 8.56 Å². The fourth-order valence-corrected chi connectivity index (χ4v) is 7.79. The third-order valence-electron chi connectivity index (χ3n) is 3.91. The first-order valence-electron chi connectivity index (χ1n) is 5.63. The monoisotopic (exact) mass is 216 g/mol. The van der Waals surface area contributed by atoms with E-state index in [1.54, 1.807) is 0 Å². The van der Waals surface area contributed by atoms with Crippen LogP contribution in [0.5, 0.6) is 0 Å². The van der Waals surface area contributed by atoms with E-state index in [1.807, 2.05) is 14.2 Å². The molecule has 0 unspecified atom stereocenters. The van der Waals surface area contributed by atoms with Crippen molar-refractivity contribution >= 4 is 8.56 Å². The number of hydrogen-bond acceptors (Lipinski definition) is 2. The van der Waals surface area contributed by atoms with Crippen molar-refractivity contribution < 1.29 is 8.85 Å². The molecule has 0 aliphatic heterocycles. The maximum absolute atomic E-state index is 5.85.